The molecule has 0 aliphatic heterocycles. The highest BCUT2D eigenvalue weighted by molar-refractivity contribution is 5.93. The van der Waals surface area contributed by atoms with E-state index in [4.69, 9.17) is 5.11 Å². The number of hydrogen-bond donors (Lipinski definition) is 2. The minimum Gasteiger partial charge on any atom is -0.395 e. The number of carbonyl (C=O) groups excluding carboxylic acids is 1. The summed E-state index contributed by atoms with van der Waals surface area (Å²) < 4.78 is 38.4. The molecule has 7 heteroatoms. The molecule has 1 amide bonds. The Morgan fingerprint density at radius 2 is 2.05 bits per heavy atom. The van der Waals surface area contributed by atoms with Crippen LogP contribution in [0.1, 0.15) is 5.56 Å². The quantitative estimate of drug-likeness (QED) is 0.759. The number of aliphatic hydroxyl groups is 1. The minimum absolute atomic E-state index is 0.126. The second-order valence-electron chi connectivity index (χ2n) is 4.34. The molecule has 0 saturated heterocycles. The van der Waals surface area contributed by atoms with Crippen LogP contribution in [0.5, 0.6) is 0 Å². The number of carbonyl (C=O) groups is 1. The number of para-hydroxylation sites is 1. The van der Waals surface area contributed by atoms with Crippen LogP contribution in [-0.4, -0.2) is 42.2 Å². The van der Waals surface area contributed by atoms with E-state index in [1.165, 1.54) is 18.2 Å². The van der Waals surface area contributed by atoms with Gasteiger partial charge in [-0.1, -0.05) is 18.2 Å². The lowest BCUT2D eigenvalue weighted by molar-refractivity contribution is -0.137. The number of amides is 1. The molecule has 4 nitrogen and oxygen atoms in total. The lowest BCUT2D eigenvalue weighted by Gasteiger charge is -2.19. The molecule has 0 atom stereocenters. The summed E-state index contributed by atoms with van der Waals surface area (Å²) >= 11 is 0. The number of aliphatic hydroxyl groups excluding tert-OH is 1. The largest absolute Gasteiger partial charge is 0.418 e. The van der Waals surface area contributed by atoms with Gasteiger partial charge in [-0.3, -0.25) is 9.69 Å². The Morgan fingerprint density at radius 3 is 2.62 bits per heavy atom. The van der Waals surface area contributed by atoms with E-state index < -0.39 is 17.6 Å². The molecule has 21 heavy (non-hydrogen) atoms. The van der Waals surface area contributed by atoms with Gasteiger partial charge in [-0.15, -0.1) is 6.58 Å². The number of alkyl halides is 3. The standard InChI is InChI=1S/C14H17F3N2O2/c1-2-7-19(8-9-20)10-13(21)18-12-6-4-3-5-11(12)14(15,16)17/h2-6,20H,1,7-10H2,(H,18,21). The van der Waals surface area contributed by atoms with E-state index in [1.807, 2.05) is 0 Å². The van der Waals surface area contributed by atoms with E-state index >= 15 is 0 Å². The SMILES string of the molecule is C=CCN(CCO)CC(=O)Nc1ccccc1C(F)(F)F. The first-order valence-corrected chi connectivity index (χ1v) is 6.28. The fourth-order valence-electron chi connectivity index (χ4n) is 1.79. The van der Waals surface area contributed by atoms with Crippen molar-refractivity contribution in [2.45, 2.75) is 6.18 Å². The smallest absolute Gasteiger partial charge is 0.395 e. The highest BCUT2D eigenvalue weighted by atomic mass is 19.4. The average Bonchev–Trinajstić information content (AvgIpc) is 2.38. The van der Waals surface area contributed by atoms with Crippen LogP contribution in [0.15, 0.2) is 36.9 Å². The number of rotatable bonds is 7. The number of benzene rings is 1. The van der Waals surface area contributed by atoms with Gasteiger partial charge in [0, 0.05) is 13.1 Å². The summed E-state index contributed by atoms with van der Waals surface area (Å²) in [6, 6.07) is 4.78. The second-order valence-corrected chi connectivity index (χ2v) is 4.34. The van der Waals surface area contributed by atoms with Gasteiger partial charge in [0.1, 0.15) is 0 Å². The van der Waals surface area contributed by atoms with Crippen molar-refractivity contribution in [3.8, 4) is 0 Å². The normalized spacial score (nSPS) is 11.5. The molecule has 116 valence electrons. The third-order valence-electron chi connectivity index (χ3n) is 2.68. The van der Waals surface area contributed by atoms with Crippen LogP contribution in [0.2, 0.25) is 0 Å². The van der Waals surface area contributed by atoms with Gasteiger partial charge >= 0.3 is 6.18 Å². The third-order valence-corrected chi connectivity index (χ3v) is 2.68. The molecule has 2 N–H and O–H groups in total. The molecule has 1 rings (SSSR count). The number of anilines is 1. The van der Waals surface area contributed by atoms with Crippen LogP contribution in [-0.2, 0) is 11.0 Å². The predicted octanol–water partition coefficient (Wildman–Crippen LogP) is 2.12. The summed E-state index contributed by atoms with van der Waals surface area (Å²) in [6.45, 7) is 3.83. The number of nitrogens with zero attached hydrogens (tertiary/aromatic N) is 1. The molecule has 1 aromatic rings. The van der Waals surface area contributed by atoms with Gasteiger partial charge < -0.3 is 10.4 Å². The van der Waals surface area contributed by atoms with Gasteiger partial charge in [-0.25, -0.2) is 0 Å². The fourth-order valence-corrected chi connectivity index (χ4v) is 1.79. The monoisotopic (exact) mass is 302 g/mol. The summed E-state index contributed by atoms with van der Waals surface area (Å²) in [5.41, 5.74) is -1.17. The maximum absolute atomic E-state index is 12.8. The molecule has 0 fully saturated rings. The summed E-state index contributed by atoms with van der Waals surface area (Å²) in [7, 11) is 0. The van der Waals surface area contributed by atoms with Crippen LogP contribution in [0.4, 0.5) is 18.9 Å². The Labute approximate surface area is 120 Å². The Hall–Kier alpha value is -1.86. The maximum atomic E-state index is 12.8. The summed E-state index contributed by atoms with van der Waals surface area (Å²) in [6.07, 6.45) is -2.98. The highest BCUT2D eigenvalue weighted by Gasteiger charge is 2.33. The van der Waals surface area contributed by atoms with Crippen molar-refractivity contribution >= 4 is 11.6 Å². The van der Waals surface area contributed by atoms with E-state index in [1.54, 1.807) is 11.0 Å². The Balaban J connectivity index is 2.77. The molecule has 0 aromatic heterocycles. The van der Waals surface area contributed by atoms with Crippen molar-refractivity contribution in [1.82, 2.24) is 4.90 Å². The van der Waals surface area contributed by atoms with Gasteiger partial charge in [0.15, 0.2) is 0 Å². The van der Waals surface area contributed by atoms with E-state index in [-0.39, 0.29) is 25.4 Å². The second kappa shape index (κ2) is 7.80. The number of halogens is 3. The van der Waals surface area contributed by atoms with Crippen LogP contribution >= 0.6 is 0 Å². The molecule has 0 spiro atoms. The summed E-state index contributed by atoms with van der Waals surface area (Å²) in [5, 5.41) is 11.1. The Morgan fingerprint density at radius 1 is 1.38 bits per heavy atom. The van der Waals surface area contributed by atoms with Crippen molar-refractivity contribution in [2.24, 2.45) is 0 Å². The average molecular weight is 302 g/mol. The zero-order valence-electron chi connectivity index (χ0n) is 11.4. The fraction of sp³-hybridized carbons (Fsp3) is 0.357. The lowest BCUT2D eigenvalue weighted by atomic mass is 10.1. The summed E-state index contributed by atoms with van der Waals surface area (Å²) in [4.78, 5) is 13.4. The Bertz CT molecular complexity index is 489. The molecular formula is C14H17F3N2O2. The number of hydrogen-bond acceptors (Lipinski definition) is 3. The van der Waals surface area contributed by atoms with Crippen molar-refractivity contribution in [3.05, 3.63) is 42.5 Å². The minimum atomic E-state index is -4.53. The molecule has 0 bridgehead atoms. The van der Waals surface area contributed by atoms with E-state index in [0.717, 1.165) is 6.07 Å². The molecular weight excluding hydrogens is 285 g/mol. The molecule has 1 aromatic carbocycles. The van der Waals surface area contributed by atoms with Gasteiger partial charge in [-0.2, -0.15) is 13.2 Å². The van der Waals surface area contributed by atoms with Crippen LogP contribution < -0.4 is 5.32 Å². The first-order chi connectivity index (χ1) is 9.88. The first-order valence-electron chi connectivity index (χ1n) is 6.28. The topological polar surface area (TPSA) is 52.6 Å². The number of nitrogens with one attached hydrogen (secondary N) is 1. The van der Waals surface area contributed by atoms with Crippen molar-refractivity contribution < 1.29 is 23.1 Å². The molecule has 0 aliphatic rings. The van der Waals surface area contributed by atoms with Gasteiger partial charge in [0.25, 0.3) is 0 Å². The Kier molecular flexibility index (Phi) is 6.39. The first kappa shape index (κ1) is 17.2. The third kappa shape index (κ3) is 5.57. The molecule has 0 radical (unpaired) electrons. The van der Waals surface area contributed by atoms with Crippen molar-refractivity contribution in [3.63, 3.8) is 0 Å². The van der Waals surface area contributed by atoms with E-state index in [2.05, 4.69) is 11.9 Å². The van der Waals surface area contributed by atoms with Crippen LogP contribution in [0.3, 0.4) is 0 Å². The van der Waals surface area contributed by atoms with Gasteiger partial charge in [0.2, 0.25) is 5.91 Å². The van der Waals surface area contributed by atoms with Crippen molar-refractivity contribution in [2.75, 3.05) is 31.6 Å². The van der Waals surface area contributed by atoms with Crippen LogP contribution in [0.25, 0.3) is 0 Å². The molecule has 0 heterocycles. The molecule has 0 aliphatic carbocycles. The van der Waals surface area contributed by atoms with Crippen molar-refractivity contribution in [1.29, 1.82) is 0 Å². The van der Waals surface area contributed by atoms with Gasteiger partial charge in [0.05, 0.1) is 24.4 Å². The van der Waals surface area contributed by atoms with E-state index in [0.29, 0.717) is 6.54 Å². The van der Waals surface area contributed by atoms with E-state index in [9.17, 15) is 18.0 Å². The van der Waals surface area contributed by atoms with Crippen LogP contribution in [0, 0.1) is 0 Å². The molecule has 0 saturated carbocycles. The predicted molar refractivity (Wildman–Crippen MR) is 73.8 cm³/mol. The highest BCUT2D eigenvalue weighted by Crippen LogP contribution is 2.34. The zero-order valence-corrected chi connectivity index (χ0v) is 11.4. The lowest BCUT2D eigenvalue weighted by Crippen LogP contribution is -2.35. The van der Waals surface area contributed by atoms with Gasteiger partial charge in [-0.05, 0) is 12.1 Å². The maximum Gasteiger partial charge on any atom is 0.418 e. The summed E-state index contributed by atoms with van der Waals surface area (Å²) in [5.74, 6) is -0.581. The molecule has 0 unspecified atom stereocenters. The zero-order chi connectivity index (χ0) is 15.9.